The third-order valence-corrected chi connectivity index (χ3v) is 6.96. The molecule has 15 heavy (non-hydrogen) atoms. The molecule has 0 radical (unpaired) electrons. The first-order valence-electron chi connectivity index (χ1n) is 4.65. The molecule has 0 saturated heterocycles. The van der Waals surface area contributed by atoms with Crippen LogP contribution in [0.3, 0.4) is 0 Å². The molecule has 0 bridgehead atoms. The van der Waals surface area contributed by atoms with E-state index in [1.807, 2.05) is 32.9 Å². The third-order valence-electron chi connectivity index (χ3n) is 2.65. The van der Waals surface area contributed by atoms with Crippen LogP contribution in [0.4, 0.5) is 0 Å². The van der Waals surface area contributed by atoms with Crippen LogP contribution in [0.15, 0.2) is 24.3 Å². The molecule has 0 spiro atoms. The highest BCUT2D eigenvalue weighted by atomic mass is 127. The first-order chi connectivity index (χ1) is 6.59. The monoisotopic (exact) mass is 341 g/mol. The normalized spacial score (nSPS) is 31.9. The minimum Gasteiger partial charge on any atom is -0.228 e. The lowest BCUT2D eigenvalue weighted by Crippen LogP contribution is -2.51. The molecule has 2 unspecified atom stereocenters. The fourth-order valence-electron chi connectivity index (χ4n) is 1.62. The molecular formula is C10H16INO2S. The Bertz CT molecular complexity index is 406. The van der Waals surface area contributed by atoms with Gasteiger partial charge in [0.15, 0.2) is 0 Å². The highest BCUT2D eigenvalue weighted by Crippen LogP contribution is 2.46. The van der Waals surface area contributed by atoms with Crippen LogP contribution in [0.5, 0.6) is 0 Å². The first kappa shape index (κ1) is 13.2. The van der Waals surface area contributed by atoms with Gasteiger partial charge in [0.25, 0.3) is 0 Å². The van der Waals surface area contributed by atoms with Crippen molar-refractivity contribution in [2.24, 2.45) is 10.6 Å². The summed E-state index contributed by atoms with van der Waals surface area (Å²) in [6, 6.07) is 0. The number of rotatable bonds is 1. The summed E-state index contributed by atoms with van der Waals surface area (Å²) in [5, 5.41) is 4.61. The molecule has 0 aliphatic heterocycles. The van der Waals surface area contributed by atoms with Gasteiger partial charge in [-0.2, -0.15) is 0 Å². The van der Waals surface area contributed by atoms with Crippen molar-refractivity contribution in [3.8, 4) is 0 Å². The number of nitrogens with two attached hydrogens (primary N) is 1. The van der Waals surface area contributed by atoms with Crippen molar-refractivity contribution in [2.45, 2.75) is 29.4 Å². The Hall–Kier alpha value is 0.120. The summed E-state index contributed by atoms with van der Waals surface area (Å²) in [4.78, 5) is 0. The highest BCUT2D eigenvalue weighted by Gasteiger charge is 2.48. The largest absolute Gasteiger partial charge is 0.228 e. The van der Waals surface area contributed by atoms with Gasteiger partial charge in [-0.1, -0.05) is 67.7 Å². The van der Waals surface area contributed by atoms with Gasteiger partial charge in [-0.15, -0.1) is 0 Å². The maximum atomic E-state index is 11.5. The summed E-state index contributed by atoms with van der Waals surface area (Å²) < 4.78 is 22.6. The van der Waals surface area contributed by atoms with Crippen molar-refractivity contribution >= 4 is 32.6 Å². The Morgan fingerprint density at radius 1 is 1.33 bits per heavy atom. The lowest BCUT2D eigenvalue weighted by Gasteiger charge is -2.42. The van der Waals surface area contributed by atoms with Crippen LogP contribution in [0.1, 0.15) is 20.8 Å². The number of hydrogen-bond acceptors (Lipinski definition) is 2. The molecule has 0 aromatic rings. The predicted octanol–water partition coefficient (Wildman–Crippen LogP) is 1.99. The van der Waals surface area contributed by atoms with Gasteiger partial charge < -0.3 is 0 Å². The van der Waals surface area contributed by atoms with Crippen molar-refractivity contribution < 1.29 is 8.42 Å². The number of primary sulfonamides is 1. The average Bonchev–Trinajstić information content (AvgIpc) is 2.00. The minimum absolute atomic E-state index is 0.175. The summed E-state index contributed by atoms with van der Waals surface area (Å²) in [5.74, 6) is 0. The van der Waals surface area contributed by atoms with Gasteiger partial charge >= 0.3 is 0 Å². The second kappa shape index (κ2) is 3.85. The summed E-state index contributed by atoms with van der Waals surface area (Å²) in [6.07, 6.45) is 7.19. The quantitative estimate of drug-likeness (QED) is 0.586. The second-order valence-electron chi connectivity index (χ2n) is 4.77. The maximum absolute atomic E-state index is 11.5. The molecule has 0 aromatic heterocycles. The van der Waals surface area contributed by atoms with Gasteiger partial charge in [-0.3, -0.25) is 0 Å². The van der Waals surface area contributed by atoms with E-state index in [0.29, 0.717) is 0 Å². The molecular weight excluding hydrogens is 325 g/mol. The molecule has 1 aliphatic carbocycles. The second-order valence-corrected chi connectivity index (χ2v) is 8.24. The fourth-order valence-corrected chi connectivity index (χ4v) is 4.32. The van der Waals surface area contributed by atoms with E-state index >= 15 is 0 Å². The van der Waals surface area contributed by atoms with Crippen LogP contribution in [-0.2, 0) is 10.0 Å². The fraction of sp³-hybridized carbons (Fsp3) is 0.600. The lowest BCUT2D eigenvalue weighted by molar-refractivity contribution is 0.344. The van der Waals surface area contributed by atoms with Gasteiger partial charge in [-0.25, -0.2) is 13.6 Å². The number of allylic oxidation sites excluding steroid dienone is 3. The van der Waals surface area contributed by atoms with Crippen molar-refractivity contribution in [2.75, 3.05) is 0 Å². The van der Waals surface area contributed by atoms with Crippen LogP contribution in [0.25, 0.3) is 0 Å². The van der Waals surface area contributed by atoms with Gasteiger partial charge in [0.1, 0.15) is 5.25 Å². The van der Waals surface area contributed by atoms with Crippen molar-refractivity contribution in [1.82, 2.24) is 0 Å². The molecule has 0 aromatic carbocycles. The summed E-state index contributed by atoms with van der Waals surface area (Å²) >= 11 is 2.19. The van der Waals surface area contributed by atoms with Crippen LogP contribution < -0.4 is 5.14 Å². The van der Waals surface area contributed by atoms with Crippen molar-refractivity contribution in [3.63, 3.8) is 0 Å². The molecule has 2 atom stereocenters. The highest BCUT2D eigenvalue weighted by molar-refractivity contribution is 14.1. The molecule has 0 fully saturated rings. The van der Waals surface area contributed by atoms with Crippen LogP contribution in [-0.4, -0.2) is 17.1 Å². The van der Waals surface area contributed by atoms with Crippen molar-refractivity contribution in [3.05, 3.63) is 24.3 Å². The van der Waals surface area contributed by atoms with Gasteiger partial charge in [0, 0.05) is 0 Å². The molecule has 3 nitrogen and oxygen atoms in total. The number of sulfonamides is 1. The van der Waals surface area contributed by atoms with Gasteiger partial charge in [0.05, 0.1) is 3.42 Å². The Balaban J connectivity index is 3.29. The Labute approximate surface area is 105 Å². The molecule has 2 N–H and O–H groups in total. The van der Waals surface area contributed by atoms with Gasteiger partial charge in [0.2, 0.25) is 10.0 Å². The molecule has 1 rings (SSSR count). The van der Waals surface area contributed by atoms with E-state index in [1.165, 1.54) is 0 Å². The Kier molecular flexibility index (Phi) is 3.39. The topological polar surface area (TPSA) is 60.2 Å². The zero-order valence-corrected chi connectivity index (χ0v) is 12.0. The van der Waals surface area contributed by atoms with E-state index in [1.54, 1.807) is 12.2 Å². The van der Waals surface area contributed by atoms with Crippen LogP contribution in [0, 0.1) is 5.41 Å². The SMILES string of the molecule is CC(C)(C)C1(I)C=CC=CC1S(N)(=O)=O. The third kappa shape index (κ3) is 2.45. The standard InChI is InChI=1S/C10H16INO2S/c1-9(2,3)10(11)7-5-4-6-8(10)15(12,13)14/h4-8H,1-3H3,(H2,12,13,14). The molecule has 1 aliphatic rings. The maximum Gasteiger partial charge on any atom is 0.217 e. The number of halogens is 1. The van der Waals surface area contributed by atoms with E-state index in [4.69, 9.17) is 5.14 Å². The predicted molar refractivity (Wildman–Crippen MR) is 71.4 cm³/mol. The van der Waals surface area contributed by atoms with E-state index in [9.17, 15) is 8.42 Å². The number of alkyl halides is 1. The van der Waals surface area contributed by atoms with E-state index in [2.05, 4.69) is 22.6 Å². The smallest absolute Gasteiger partial charge is 0.217 e. The lowest BCUT2D eigenvalue weighted by atomic mass is 9.77. The van der Waals surface area contributed by atoms with E-state index in [-0.39, 0.29) is 5.41 Å². The van der Waals surface area contributed by atoms with Gasteiger partial charge in [-0.05, 0) is 5.41 Å². The average molecular weight is 341 g/mol. The Morgan fingerprint density at radius 3 is 2.20 bits per heavy atom. The first-order valence-corrected chi connectivity index (χ1v) is 7.34. The minimum atomic E-state index is -3.56. The van der Waals surface area contributed by atoms with Crippen LogP contribution >= 0.6 is 22.6 Å². The number of hydrogen-bond donors (Lipinski definition) is 1. The summed E-state index contributed by atoms with van der Waals surface area (Å²) in [7, 11) is -3.56. The van der Waals surface area contributed by atoms with E-state index in [0.717, 1.165) is 0 Å². The summed E-state index contributed by atoms with van der Waals surface area (Å²) in [6.45, 7) is 6.04. The molecule has 0 saturated carbocycles. The Morgan fingerprint density at radius 2 is 1.87 bits per heavy atom. The van der Waals surface area contributed by atoms with Crippen LogP contribution in [0.2, 0.25) is 0 Å². The zero-order chi connectivity index (χ0) is 11.9. The van der Waals surface area contributed by atoms with E-state index < -0.39 is 18.7 Å². The molecule has 0 amide bonds. The van der Waals surface area contributed by atoms with Crippen molar-refractivity contribution in [1.29, 1.82) is 0 Å². The summed E-state index contributed by atoms with van der Waals surface area (Å²) in [5.41, 5.74) is -0.175. The zero-order valence-electron chi connectivity index (χ0n) is 9.07. The molecule has 0 heterocycles. The molecule has 86 valence electrons. The molecule has 5 heteroatoms.